The van der Waals surface area contributed by atoms with E-state index in [1.807, 2.05) is 0 Å². The quantitative estimate of drug-likeness (QED) is 0.367. The summed E-state index contributed by atoms with van der Waals surface area (Å²) in [5.74, 6) is 0.936. The molecule has 0 amide bonds. The van der Waals surface area contributed by atoms with Crippen molar-refractivity contribution in [3.8, 4) is 0 Å². The minimum Gasteiger partial charge on any atom is -0.356 e. The molecule has 1 aromatic rings. The van der Waals surface area contributed by atoms with Crippen LogP contribution in [0.25, 0.3) is 0 Å². The number of hydrogen-bond donors (Lipinski definition) is 2. The highest BCUT2D eigenvalue weighted by Crippen LogP contribution is 2.13. The van der Waals surface area contributed by atoms with Crippen LogP contribution in [0.5, 0.6) is 0 Å². The number of piperidine rings is 1. The lowest BCUT2D eigenvalue weighted by molar-refractivity contribution is 0.198. The van der Waals surface area contributed by atoms with E-state index in [1.54, 1.807) is 21.0 Å². The van der Waals surface area contributed by atoms with Crippen molar-refractivity contribution in [1.29, 1.82) is 0 Å². The predicted octanol–water partition coefficient (Wildman–Crippen LogP) is 1.49. The lowest BCUT2D eigenvalue weighted by Crippen LogP contribution is -2.48. The molecule has 0 radical (unpaired) electrons. The zero-order chi connectivity index (χ0) is 20.4. The van der Waals surface area contributed by atoms with Crippen LogP contribution in [0.3, 0.4) is 0 Å². The molecule has 0 atom stereocenters. The summed E-state index contributed by atoms with van der Waals surface area (Å²) in [5, 5.41) is 6.80. The smallest absolute Gasteiger partial charge is 0.213 e. The van der Waals surface area contributed by atoms with E-state index in [9.17, 15) is 8.42 Å². The number of likely N-dealkylation sites (tertiary alicyclic amines) is 1. The number of nitrogens with zero attached hydrogens (tertiary/aromatic N) is 3. The van der Waals surface area contributed by atoms with E-state index < -0.39 is 10.0 Å². The van der Waals surface area contributed by atoms with E-state index in [4.69, 9.17) is 0 Å². The fourth-order valence-corrected chi connectivity index (χ4v) is 4.18. The Hall–Kier alpha value is -1.64. The van der Waals surface area contributed by atoms with E-state index in [2.05, 4.69) is 50.9 Å². The SMILES string of the molecule is CCS(=O)(=O)N(C)CCCNC(=NC)NC1CCN(Cc2ccccc2)CC1. The molecule has 2 rings (SSSR count). The summed E-state index contributed by atoms with van der Waals surface area (Å²) in [7, 11) is 0.305. The molecular weight excluding hydrogens is 374 g/mol. The zero-order valence-corrected chi connectivity index (χ0v) is 18.2. The van der Waals surface area contributed by atoms with Gasteiger partial charge < -0.3 is 10.6 Å². The van der Waals surface area contributed by atoms with E-state index >= 15 is 0 Å². The molecule has 1 heterocycles. The lowest BCUT2D eigenvalue weighted by Gasteiger charge is -2.33. The van der Waals surface area contributed by atoms with Crippen LogP contribution in [0.4, 0.5) is 0 Å². The van der Waals surface area contributed by atoms with Crippen molar-refractivity contribution in [2.24, 2.45) is 4.99 Å². The van der Waals surface area contributed by atoms with Gasteiger partial charge in [-0.15, -0.1) is 0 Å². The number of sulfonamides is 1. The van der Waals surface area contributed by atoms with Crippen LogP contribution < -0.4 is 10.6 Å². The molecule has 0 saturated carbocycles. The Morgan fingerprint density at radius 2 is 1.93 bits per heavy atom. The number of guanidine groups is 1. The normalized spacial score (nSPS) is 17.1. The van der Waals surface area contributed by atoms with Gasteiger partial charge in [0.05, 0.1) is 5.75 Å². The van der Waals surface area contributed by atoms with Gasteiger partial charge >= 0.3 is 0 Å². The molecule has 158 valence electrons. The molecule has 7 nitrogen and oxygen atoms in total. The van der Waals surface area contributed by atoms with Crippen LogP contribution in [0.1, 0.15) is 31.7 Å². The molecule has 1 fully saturated rings. The highest BCUT2D eigenvalue weighted by atomic mass is 32.2. The zero-order valence-electron chi connectivity index (χ0n) is 17.4. The van der Waals surface area contributed by atoms with E-state index in [0.29, 0.717) is 19.1 Å². The molecule has 0 bridgehead atoms. The Balaban J connectivity index is 1.65. The number of benzene rings is 1. The maximum absolute atomic E-state index is 11.8. The van der Waals surface area contributed by atoms with Gasteiger partial charge in [0, 0.05) is 52.9 Å². The second kappa shape index (κ2) is 11.4. The Labute approximate surface area is 170 Å². The second-order valence-electron chi connectivity index (χ2n) is 7.25. The molecule has 2 N–H and O–H groups in total. The summed E-state index contributed by atoms with van der Waals surface area (Å²) >= 11 is 0. The van der Waals surface area contributed by atoms with Gasteiger partial charge in [-0.1, -0.05) is 30.3 Å². The molecule has 0 aromatic heterocycles. The monoisotopic (exact) mass is 409 g/mol. The first-order valence-corrected chi connectivity index (χ1v) is 11.7. The van der Waals surface area contributed by atoms with Crippen molar-refractivity contribution in [3.63, 3.8) is 0 Å². The van der Waals surface area contributed by atoms with E-state index in [0.717, 1.165) is 44.9 Å². The van der Waals surface area contributed by atoms with Gasteiger partial charge in [0.25, 0.3) is 0 Å². The first-order chi connectivity index (χ1) is 13.4. The first-order valence-electron chi connectivity index (χ1n) is 10.1. The van der Waals surface area contributed by atoms with Gasteiger partial charge in [-0.05, 0) is 31.7 Å². The van der Waals surface area contributed by atoms with Gasteiger partial charge in [0.2, 0.25) is 10.0 Å². The van der Waals surface area contributed by atoms with Crippen molar-refractivity contribution >= 4 is 16.0 Å². The molecule has 0 spiro atoms. The van der Waals surface area contributed by atoms with Crippen molar-refractivity contribution < 1.29 is 8.42 Å². The van der Waals surface area contributed by atoms with Crippen LogP contribution >= 0.6 is 0 Å². The molecule has 28 heavy (non-hydrogen) atoms. The van der Waals surface area contributed by atoms with Crippen LogP contribution in [0, 0.1) is 0 Å². The van der Waals surface area contributed by atoms with Crippen LogP contribution in [0.2, 0.25) is 0 Å². The highest BCUT2D eigenvalue weighted by molar-refractivity contribution is 7.89. The minimum absolute atomic E-state index is 0.142. The largest absolute Gasteiger partial charge is 0.356 e. The molecule has 8 heteroatoms. The molecular formula is C20H35N5O2S. The summed E-state index contributed by atoms with van der Waals surface area (Å²) < 4.78 is 24.9. The molecule has 1 aliphatic heterocycles. The fourth-order valence-electron chi connectivity index (χ4n) is 3.33. The number of hydrogen-bond acceptors (Lipinski definition) is 4. The third-order valence-corrected chi connectivity index (χ3v) is 7.04. The van der Waals surface area contributed by atoms with Gasteiger partial charge in [-0.25, -0.2) is 12.7 Å². The van der Waals surface area contributed by atoms with Gasteiger partial charge in [0.15, 0.2) is 5.96 Å². The molecule has 0 unspecified atom stereocenters. The van der Waals surface area contributed by atoms with Gasteiger partial charge in [-0.3, -0.25) is 9.89 Å². The molecule has 0 aliphatic carbocycles. The average Bonchev–Trinajstić information content (AvgIpc) is 2.72. The third-order valence-electron chi connectivity index (χ3n) is 5.18. The van der Waals surface area contributed by atoms with E-state index in [1.165, 1.54) is 9.87 Å². The summed E-state index contributed by atoms with van der Waals surface area (Å²) in [4.78, 5) is 6.79. The highest BCUT2D eigenvalue weighted by Gasteiger charge is 2.20. The first kappa shape index (κ1) is 22.6. The maximum atomic E-state index is 11.8. The van der Waals surface area contributed by atoms with Crippen LogP contribution in [0.15, 0.2) is 35.3 Å². The Bertz CT molecular complexity index is 701. The fraction of sp³-hybridized carbons (Fsp3) is 0.650. The summed E-state index contributed by atoms with van der Waals surface area (Å²) in [6, 6.07) is 11.0. The van der Waals surface area contributed by atoms with Crippen LogP contribution in [-0.4, -0.2) is 75.7 Å². The number of rotatable bonds is 9. The summed E-state index contributed by atoms with van der Waals surface area (Å²) in [6.07, 6.45) is 2.92. The average molecular weight is 410 g/mol. The maximum Gasteiger partial charge on any atom is 0.213 e. The molecule has 1 saturated heterocycles. The van der Waals surface area contributed by atoms with Crippen molar-refractivity contribution in [1.82, 2.24) is 19.8 Å². The van der Waals surface area contributed by atoms with E-state index in [-0.39, 0.29) is 5.75 Å². The Morgan fingerprint density at radius 1 is 1.25 bits per heavy atom. The van der Waals surface area contributed by atoms with Crippen molar-refractivity contribution in [3.05, 3.63) is 35.9 Å². The predicted molar refractivity (Wildman–Crippen MR) is 116 cm³/mol. The van der Waals surface area contributed by atoms with Crippen molar-refractivity contribution in [2.45, 2.75) is 38.8 Å². The summed E-state index contributed by atoms with van der Waals surface area (Å²) in [6.45, 7) is 6.02. The lowest BCUT2D eigenvalue weighted by atomic mass is 10.0. The molecule has 1 aromatic carbocycles. The number of aliphatic imine (C=N–C) groups is 1. The Kier molecular flexibility index (Phi) is 9.21. The second-order valence-corrected chi connectivity index (χ2v) is 9.62. The third kappa shape index (κ3) is 7.41. The topological polar surface area (TPSA) is 77.0 Å². The minimum atomic E-state index is -3.10. The standard InChI is InChI=1S/C20H35N5O2S/c1-4-28(26,27)24(3)14-8-13-22-20(21-2)23-19-11-15-25(16-12-19)17-18-9-6-5-7-10-18/h5-7,9-10,19H,4,8,11-17H2,1-3H3,(H2,21,22,23). The van der Waals surface area contributed by atoms with Crippen molar-refractivity contribution in [2.75, 3.05) is 46.0 Å². The Morgan fingerprint density at radius 3 is 2.54 bits per heavy atom. The number of nitrogens with one attached hydrogen (secondary N) is 2. The summed E-state index contributed by atoms with van der Waals surface area (Å²) in [5.41, 5.74) is 1.36. The van der Waals surface area contributed by atoms with Gasteiger partial charge in [0.1, 0.15) is 0 Å². The van der Waals surface area contributed by atoms with Crippen LogP contribution in [-0.2, 0) is 16.6 Å². The van der Waals surface area contributed by atoms with Gasteiger partial charge in [-0.2, -0.15) is 0 Å². The molecule has 1 aliphatic rings.